The molecular weight excluding hydrogens is 266 g/mol. The number of rotatable bonds is 6. The van der Waals surface area contributed by atoms with Gasteiger partial charge in [-0.25, -0.2) is 4.98 Å². The van der Waals surface area contributed by atoms with Crippen LogP contribution in [-0.4, -0.2) is 27.2 Å². The molecule has 0 aromatic carbocycles. The lowest BCUT2D eigenvalue weighted by Crippen LogP contribution is -2.24. The molecular formula is C15H21N5O. The van der Waals surface area contributed by atoms with Crippen molar-refractivity contribution in [2.75, 3.05) is 11.9 Å². The van der Waals surface area contributed by atoms with Crippen molar-refractivity contribution in [1.82, 2.24) is 20.1 Å². The van der Waals surface area contributed by atoms with Crippen molar-refractivity contribution in [1.29, 1.82) is 0 Å². The van der Waals surface area contributed by atoms with Crippen LogP contribution < -0.4 is 10.6 Å². The molecule has 0 aliphatic rings. The molecule has 0 aliphatic heterocycles. The van der Waals surface area contributed by atoms with Gasteiger partial charge in [0.05, 0.1) is 17.6 Å². The van der Waals surface area contributed by atoms with Crippen molar-refractivity contribution in [3.63, 3.8) is 0 Å². The van der Waals surface area contributed by atoms with Gasteiger partial charge in [-0.05, 0) is 25.5 Å². The maximum absolute atomic E-state index is 12.0. The SMILES string of the molecule is CCCNc1ccc(C(=O)NCc2cn(C)nc2C)nc1. The monoisotopic (exact) mass is 287 g/mol. The van der Waals surface area contributed by atoms with Crippen LogP contribution in [0.15, 0.2) is 24.5 Å². The number of hydrogen-bond donors (Lipinski definition) is 2. The fourth-order valence-electron chi connectivity index (χ4n) is 1.99. The minimum Gasteiger partial charge on any atom is -0.384 e. The van der Waals surface area contributed by atoms with Crippen LogP contribution in [0.1, 0.15) is 35.1 Å². The van der Waals surface area contributed by atoms with Gasteiger partial charge in [-0.15, -0.1) is 0 Å². The van der Waals surface area contributed by atoms with Gasteiger partial charge >= 0.3 is 0 Å². The molecule has 0 bridgehead atoms. The molecule has 6 nitrogen and oxygen atoms in total. The lowest BCUT2D eigenvalue weighted by Gasteiger charge is -2.06. The van der Waals surface area contributed by atoms with Gasteiger partial charge in [0.2, 0.25) is 0 Å². The van der Waals surface area contributed by atoms with Gasteiger partial charge in [0.15, 0.2) is 0 Å². The predicted octanol–water partition coefficient (Wildman–Crippen LogP) is 1.88. The molecule has 2 aromatic heterocycles. The van der Waals surface area contributed by atoms with Gasteiger partial charge in [0.1, 0.15) is 5.69 Å². The van der Waals surface area contributed by atoms with Crippen LogP contribution >= 0.6 is 0 Å². The number of amides is 1. The predicted molar refractivity (Wildman–Crippen MR) is 82.1 cm³/mol. The second kappa shape index (κ2) is 6.88. The highest BCUT2D eigenvalue weighted by Gasteiger charge is 2.09. The summed E-state index contributed by atoms with van der Waals surface area (Å²) in [6, 6.07) is 3.59. The second-order valence-electron chi connectivity index (χ2n) is 4.95. The number of carbonyl (C=O) groups is 1. The van der Waals surface area contributed by atoms with Crippen LogP contribution in [0.2, 0.25) is 0 Å². The van der Waals surface area contributed by atoms with Crippen molar-refractivity contribution in [2.24, 2.45) is 7.05 Å². The average molecular weight is 287 g/mol. The first-order chi connectivity index (χ1) is 10.1. The fraction of sp³-hybridized carbons (Fsp3) is 0.400. The lowest BCUT2D eigenvalue weighted by atomic mass is 10.2. The van der Waals surface area contributed by atoms with Gasteiger partial charge in [0.25, 0.3) is 5.91 Å². The Bertz CT molecular complexity index is 603. The molecule has 112 valence electrons. The summed E-state index contributed by atoms with van der Waals surface area (Å²) >= 11 is 0. The molecule has 0 fully saturated rings. The zero-order valence-corrected chi connectivity index (χ0v) is 12.7. The number of aromatic nitrogens is 3. The van der Waals surface area contributed by atoms with E-state index in [9.17, 15) is 4.79 Å². The number of pyridine rings is 1. The molecule has 2 N–H and O–H groups in total. The molecule has 6 heteroatoms. The molecule has 0 radical (unpaired) electrons. The van der Waals surface area contributed by atoms with Gasteiger partial charge in [-0.1, -0.05) is 6.92 Å². The number of nitrogens with one attached hydrogen (secondary N) is 2. The molecule has 0 aliphatic carbocycles. The molecule has 0 atom stereocenters. The number of nitrogens with zero attached hydrogens (tertiary/aromatic N) is 3. The Kier molecular flexibility index (Phi) is 4.92. The zero-order valence-electron chi connectivity index (χ0n) is 12.7. The standard InChI is InChI=1S/C15H21N5O/c1-4-7-16-13-5-6-14(17-9-13)15(21)18-8-12-10-20(3)19-11(12)2/h5-6,9-10,16H,4,7-8H2,1-3H3,(H,18,21). The summed E-state index contributed by atoms with van der Waals surface area (Å²) in [6.45, 7) is 5.38. The Labute approximate surface area is 124 Å². The molecule has 0 spiro atoms. The van der Waals surface area contributed by atoms with Crippen LogP contribution in [0.4, 0.5) is 5.69 Å². The Morgan fingerprint density at radius 1 is 1.38 bits per heavy atom. The van der Waals surface area contributed by atoms with Gasteiger partial charge < -0.3 is 10.6 Å². The lowest BCUT2D eigenvalue weighted by molar-refractivity contribution is 0.0946. The van der Waals surface area contributed by atoms with E-state index in [0.717, 1.165) is 29.9 Å². The molecule has 2 rings (SSSR count). The summed E-state index contributed by atoms with van der Waals surface area (Å²) in [6.07, 6.45) is 4.63. The van der Waals surface area contributed by atoms with E-state index in [-0.39, 0.29) is 5.91 Å². The fourth-order valence-corrected chi connectivity index (χ4v) is 1.99. The third-order valence-corrected chi connectivity index (χ3v) is 3.13. The Morgan fingerprint density at radius 3 is 2.76 bits per heavy atom. The maximum Gasteiger partial charge on any atom is 0.270 e. The molecule has 0 unspecified atom stereocenters. The normalized spacial score (nSPS) is 10.4. The summed E-state index contributed by atoms with van der Waals surface area (Å²) in [5.41, 5.74) is 3.27. The first-order valence-corrected chi connectivity index (χ1v) is 7.07. The van der Waals surface area contributed by atoms with E-state index in [1.165, 1.54) is 0 Å². The summed E-state index contributed by atoms with van der Waals surface area (Å²) in [7, 11) is 1.86. The molecule has 0 saturated heterocycles. The third kappa shape index (κ3) is 4.05. The van der Waals surface area contributed by atoms with Crippen molar-refractivity contribution < 1.29 is 4.79 Å². The number of aryl methyl sites for hydroxylation is 2. The first-order valence-electron chi connectivity index (χ1n) is 7.07. The van der Waals surface area contributed by atoms with Crippen LogP contribution in [0.5, 0.6) is 0 Å². The quantitative estimate of drug-likeness (QED) is 0.851. The first kappa shape index (κ1) is 15.0. The number of hydrogen-bond acceptors (Lipinski definition) is 4. The van der Waals surface area contributed by atoms with E-state index < -0.39 is 0 Å². The van der Waals surface area contributed by atoms with E-state index >= 15 is 0 Å². The second-order valence-corrected chi connectivity index (χ2v) is 4.95. The summed E-state index contributed by atoms with van der Waals surface area (Å²) in [4.78, 5) is 16.2. The molecule has 1 amide bonds. The zero-order chi connectivity index (χ0) is 15.2. The van der Waals surface area contributed by atoms with E-state index in [0.29, 0.717) is 12.2 Å². The van der Waals surface area contributed by atoms with Crippen LogP contribution in [0, 0.1) is 6.92 Å². The molecule has 21 heavy (non-hydrogen) atoms. The van der Waals surface area contributed by atoms with Crippen molar-refractivity contribution >= 4 is 11.6 Å². The highest BCUT2D eigenvalue weighted by Crippen LogP contribution is 2.07. The van der Waals surface area contributed by atoms with E-state index in [4.69, 9.17) is 0 Å². The molecule has 2 heterocycles. The minimum absolute atomic E-state index is 0.180. The van der Waals surface area contributed by atoms with E-state index in [2.05, 4.69) is 27.6 Å². The topological polar surface area (TPSA) is 71.8 Å². The molecule has 2 aromatic rings. The number of anilines is 1. The molecule has 0 saturated carbocycles. The van der Waals surface area contributed by atoms with E-state index in [1.54, 1.807) is 16.9 Å². The average Bonchev–Trinajstić information content (AvgIpc) is 2.81. The third-order valence-electron chi connectivity index (χ3n) is 3.13. The smallest absolute Gasteiger partial charge is 0.270 e. The van der Waals surface area contributed by atoms with Gasteiger partial charge in [-0.2, -0.15) is 5.10 Å². The van der Waals surface area contributed by atoms with Crippen LogP contribution in [-0.2, 0) is 13.6 Å². The largest absolute Gasteiger partial charge is 0.384 e. The Hall–Kier alpha value is -2.37. The van der Waals surface area contributed by atoms with Crippen LogP contribution in [0.25, 0.3) is 0 Å². The summed E-state index contributed by atoms with van der Waals surface area (Å²) in [5.74, 6) is -0.180. The summed E-state index contributed by atoms with van der Waals surface area (Å²) in [5, 5.41) is 10.3. The van der Waals surface area contributed by atoms with Crippen LogP contribution in [0.3, 0.4) is 0 Å². The maximum atomic E-state index is 12.0. The highest BCUT2D eigenvalue weighted by atomic mass is 16.1. The summed E-state index contributed by atoms with van der Waals surface area (Å²) < 4.78 is 1.74. The van der Waals surface area contributed by atoms with Gasteiger partial charge in [-0.3, -0.25) is 9.48 Å². The van der Waals surface area contributed by atoms with Gasteiger partial charge in [0, 0.05) is 31.9 Å². The van der Waals surface area contributed by atoms with Crippen molar-refractivity contribution in [3.05, 3.63) is 41.5 Å². The minimum atomic E-state index is -0.180. The van der Waals surface area contributed by atoms with Crippen molar-refractivity contribution in [2.45, 2.75) is 26.8 Å². The number of carbonyl (C=O) groups excluding carboxylic acids is 1. The van der Waals surface area contributed by atoms with Crippen molar-refractivity contribution in [3.8, 4) is 0 Å². The Morgan fingerprint density at radius 2 is 2.19 bits per heavy atom. The van der Waals surface area contributed by atoms with E-state index in [1.807, 2.05) is 26.2 Å². The Balaban J connectivity index is 1.92. The highest BCUT2D eigenvalue weighted by molar-refractivity contribution is 5.92.